The van der Waals surface area contributed by atoms with Gasteiger partial charge in [0.25, 0.3) is 0 Å². The zero-order chi connectivity index (χ0) is 15.4. The number of carbonyl (C=O) groups excluding carboxylic acids is 1. The lowest BCUT2D eigenvalue weighted by Crippen LogP contribution is -2.31. The standard InChI is InChI=1S/C15H16N4O2/c1-10-13(11(2)21-18-10)9-19(3)15(20)17-14-7-5-4-6-12(14)8-16/h4-7H,9H2,1-3H3,(H,17,20). The number of para-hydroxylation sites is 1. The molecule has 0 saturated heterocycles. The summed E-state index contributed by atoms with van der Waals surface area (Å²) in [6, 6.07) is 8.62. The normalized spacial score (nSPS) is 10.0. The number of urea groups is 1. The number of hydrogen-bond acceptors (Lipinski definition) is 4. The van der Waals surface area contributed by atoms with E-state index in [-0.39, 0.29) is 6.03 Å². The number of rotatable bonds is 3. The molecule has 1 aromatic carbocycles. The Kier molecular flexibility index (Phi) is 4.24. The number of anilines is 1. The highest BCUT2D eigenvalue weighted by molar-refractivity contribution is 5.90. The number of hydrogen-bond donors (Lipinski definition) is 1. The van der Waals surface area contributed by atoms with Gasteiger partial charge in [-0.2, -0.15) is 5.26 Å². The molecule has 0 saturated carbocycles. The minimum Gasteiger partial charge on any atom is -0.361 e. The maximum atomic E-state index is 12.2. The van der Waals surface area contributed by atoms with Gasteiger partial charge in [0.05, 0.1) is 23.5 Å². The van der Waals surface area contributed by atoms with Crippen molar-refractivity contribution in [3.8, 4) is 6.07 Å². The molecule has 2 rings (SSSR count). The monoisotopic (exact) mass is 284 g/mol. The number of nitrogens with one attached hydrogen (secondary N) is 1. The number of nitriles is 1. The third-order valence-electron chi connectivity index (χ3n) is 3.21. The van der Waals surface area contributed by atoms with Crippen molar-refractivity contribution in [3.05, 3.63) is 46.8 Å². The number of aromatic nitrogens is 1. The van der Waals surface area contributed by atoms with Crippen molar-refractivity contribution in [2.75, 3.05) is 12.4 Å². The van der Waals surface area contributed by atoms with Crippen molar-refractivity contribution in [2.24, 2.45) is 0 Å². The summed E-state index contributed by atoms with van der Waals surface area (Å²) in [5.41, 5.74) is 2.58. The average molecular weight is 284 g/mol. The summed E-state index contributed by atoms with van der Waals surface area (Å²) in [6.07, 6.45) is 0. The first-order valence-electron chi connectivity index (χ1n) is 6.46. The van der Waals surface area contributed by atoms with Crippen molar-refractivity contribution in [3.63, 3.8) is 0 Å². The van der Waals surface area contributed by atoms with Gasteiger partial charge in [-0.1, -0.05) is 17.3 Å². The van der Waals surface area contributed by atoms with Gasteiger partial charge in [0.1, 0.15) is 11.8 Å². The second kappa shape index (κ2) is 6.09. The summed E-state index contributed by atoms with van der Waals surface area (Å²) in [4.78, 5) is 13.7. The Labute approximate surface area is 123 Å². The van der Waals surface area contributed by atoms with Crippen LogP contribution in [-0.4, -0.2) is 23.1 Å². The van der Waals surface area contributed by atoms with E-state index in [0.717, 1.165) is 11.3 Å². The van der Waals surface area contributed by atoms with Crippen LogP contribution in [0.4, 0.5) is 10.5 Å². The van der Waals surface area contributed by atoms with Crippen LogP contribution in [0.5, 0.6) is 0 Å². The number of carbonyl (C=O) groups is 1. The van der Waals surface area contributed by atoms with E-state index in [1.54, 1.807) is 31.3 Å². The van der Waals surface area contributed by atoms with Gasteiger partial charge in [-0.15, -0.1) is 0 Å². The zero-order valence-corrected chi connectivity index (χ0v) is 12.2. The molecule has 1 aromatic heterocycles. The molecule has 1 N–H and O–H groups in total. The summed E-state index contributed by atoms with van der Waals surface area (Å²) in [5.74, 6) is 0.699. The van der Waals surface area contributed by atoms with Crippen LogP contribution in [0.15, 0.2) is 28.8 Å². The lowest BCUT2D eigenvalue weighted by Gasteiger charge is -2.18. The Morgan fingerprint density at radius 1 is 1.43 bits per heavy atom. The summed E-state index contributed by atoms with van der Waals surface area (Å²) in [6.45, 7) is 4.04. The van der Waals surface area contributed by atoms with Crippen LogP contribution in [0.2, 0.25) is 0 Å². The van der Waals surface area contributed by atoms with Crippen LogP contribution in [0, 0.1) is 25.2 Å². The van der Waals surface area contributed by atoms with Crippen molar-refractivity contribution < 1.29 is 9.32 Å². The van der Waals surface area contributed by atoms with Gasteiger partial charge in [0.15, 0.2) is 0 Å². The zero-order valence-electron chi connectivity index (χ0n) is 12.2. The van der Waals surface area contributed by atoms with Crippen molar-refractivity contribution >= 4 is 11.7 Å². The third-order valence-corrected chi connectivity index (χ3v) is 3.21. The average Bonchev–Trinajstić information content (AvgIpc) is 2.79. The topological polar surface area (TPSA) is 82.2 Å². The van der Waals surface area contributed by atoms with Crippen LogP contribution in [0.25, 0.3) is 0 Å². The predicted octanol–water partition coefficient (Wildman–Crippen LogP) is 2.83. The minimum atomic E-state index is -0.294. The SMILES string of the molecule is Cc1noc(C)c1CN(C)C(=O)Nc1ccccc1C#N. The quantitative estimate of drug-likeness (QED) is 0.939. The van der Waals surface area contributed by atoms with E-state index in [1.165, 1.54) is 4.90 Å². The molecule has 108 valence electrons. The van der Waals surface area contributed by atoms with E-state index in [0.29, 0.717) is 23.6 Å². The number of nitrogens with zero attached hydrogens (tertiary/aromatic N) is 3. The van der Waals surface area contributed by atoms with Crippen molar-refractivity contribution in [2.45, 2.75) is 20.4 Å². The van der Waals surface area contributed by atoms with Gasteiger partial charge < -0.3 is 14.7 Å². The Morgan fingerprint density at radius 2 is 2.14 bits per heavy atom. The lowest BCUT2D eigenvalue weighted by molar-refractivity contribution is 0.220. The maximum absolute atomic E-state index is 12.2. The van der Waals surface area contributed by atoms with Crippen LogP contribution in [-0.2, 0) is 6.54 Å². The molecular formula is C15H16N4O2. The molecule has 2 amide bonds. The van der Waals surface area contributed by atoms with Crippen molar-refractivity contribution in [1.29, 1.82) is 5.26 Å². The molecular weight excluding hydrogens is 268 g/mol. The van der Waals surface area contributed by atoms with Crippen LogP contribution < -0.4 is 5.32 Å². The van der Waals surface area contributed by atoms with Gasteiger partial charge in [-0.25, -0.2) is 4.79 Å². The molecule has 0 aliphatic carbocycles. The highest BCUT2D eigenvalue weighted by Crippen LogP contribution is 2.17. The van der Waals surface area contributed by atoms with E-state index < -0.39 is 0 Å². The minimum absolute atomic E-state index is 0.294. The molecule has 0 fully saturated rings. The van der Waals surface area contributed by atoms with E-state index in [1.807, 2.05) is 19.9 Å². The van der Waals surface area contributed by atoms with Gasteiger partial charge >= 0.3 is 6.03 Å². The summed E-state index contributed by atoms with van der Waals surface area (Å²) >= 11 is 0. The highest BCUT2D eigenvalue weighted by atomic mass is 16.5. The molecule has 2 aromatic rings. The first-order valence-corrected chi connectivity index (χ1v) is 6.46. The molecule has 0 atom stereocenters. The Bertz CT molecular complexity index is 680. The second-order valence-electron chi connectivity index (χ2n) is 4.75. The molecule has 0 aliphatic rings. The Hall–Kier alpha value is -2.81. The van der Waals surface area contributed by atoms with E-state index in [9.17, 15) is 4.79 Å². The van der Waals surface area contributed by atoms with Crippen molar-refractivity contribution in [1.82, 2.24) is 10.1 Å². The Balaban J connectivity index is 2.09. The Morgan fingerprint density at radius 3 is 2.76 bits per heavy atom. The lowest BCUT2D eigenvalue weighted by atomic mass is 10.2. The van der Waals surface area contributed by atoms with Crippen LogP contribution >= 0.6 is 0 Å². The summed E-state index contributed by atoms with van der Waals surface area (Å²) in [7, 11) is 1.68. The van der Waals surface area contributed by atoms with Gasteiger partial charge in [0, 0.05) is 12.6 Å². The molecule has 0 spiro atoms. The largest absolute Gasteiger partial charge is 0.361 e. The molecule has 0 aliphatic heterocycles. The highest BCUT2D eigenvalue weighted by Gasteiger charge is 2.16. The summed E-state index contributed by atoms with van der Waals surface area (Å²) in [5, 5.41) is 15.6. The predicted molar refractivity (Wildman–Crippen MR) is 77.6 cm³/mol. The van der Waals surface area contributed by atoms with Gasteiger partial charge in [-0.05, 0) is 26.0 Å². The first kappa shape index (κ1) is 14.6. The summed E-state index contributed by atoms with van der Waals surface area (Å²) < 4.78 is 5.08. The fourth-order valence-electron chi connectivity index (χ4n) is 1.94. The number of aryl methyl sites for hydroxylation is 2. The fourth-order valence-corrected chi connectivity index (χ4v) is 1.94. The third kappa shape index (κ3) is 3.20. The molecule has 0 bridgehead atoms. The van der Waals surface area contributed by atoms with Gasteiger partial charge in [-0.3, -0.25) is 0 Å². The fraction of sp³-hybridized carbons (Fsp3) is 0.267. The molecule has 0 unspecified atom stereocenters. The molecule has 6 nitrogen and oxygen atoms in total. The first-order chi connectivity index (χ1) is 10.0. The van der Waals surface area contributed by atoms with Crippen LogP contribution in [0.1, 0.15) is 22.6 Å². The van der Waals surface area contributed by atoms with E-state index in [4.69, 9.17) is 9.78 Å². The maximum Gasteiger partial charge on any atom is 0.321 e. The van der Waals surface area contributed by atoms with E-state index in [2.05, 4.69) is 10.5 Å². The number of benzene rings is 1. The van der Waals surface area contributed by atoms with E-state index >= 15 is 0 Å². The molecule has 1 heterocycles. The molecule has 6 heteroatoms. The molecule has 21 heavy (non-hydrogen) atoms. The second-order valence-corrected chi connectivity index (χ2v) is 4.75. The smallest absolute Gasteiger partial charge is 0.321 e. The number of amides is 2. The van der Waals surface area contributed by atoms with Gasteiger partial charge in [0.2, 0.25) is 0 Å². The molecule has 0 radical (unpaired) electrons. The van der Waals surface area contributed by atoms with Crippen LogP contribution in [0.3, 0.4) is 0 Å².